The molecular weight excluding hydrogens is 73.7 g/mol. The van der Waals surface area contributed by atoms with Crippen LogP contribution in [-0.2, 0) is 0 Å². The fraction of sp³-hybridized carbons (Fsp3) is 1.00. The topological polar surface area (TPSA) is 20.2 Å². The van der Waals surface area contributed by atoms with E-state index in [0.717, 1.165) is 7.17 Å². The summed E-state index contributed by atoms with van der Waals surface area (Å²) in [5, 5.41) is 8.24. The Kier molecular flexibility index (Phi) is 3.34. The van der Waals surface area contributed by atoms with Gasteiger partial charge < -0.3 is 5.02 Å². The molecule has 0 aliphatic rings. The van der Waals surface area contributed by atoms with Gasteiger partial charge in [0.05, 0.1) is 0 Å². The molecule has 0 fully saturated rings. The van der Waals surface area contributed by atoms with Gasteiger partial charge in [-0.05, 0) is 0 Å². The van der Waals surface area contributed by atoms with E-state index in [0.29, 0.717) is 13.2 Å². The molecule has 0 aliphatic carbocycles. The van der Waals surface area contributed by atoms with E-state index in [9.17, 15) is 0 Å². The number of rotatable bonds is 2. The van der Waals surface area contributed by atoms with Crippen molar-refractivity contribution in [2.75, 3.05) is 0 Å². The minimum atomic E-state index is 0.331. The van der Waals surface area contributed by atoms with Crippen LogP contribution in [-0.4, -0.2) is 19.6 Å². The quantitative estimate of drug-likeness (QED) is 0.447. The normalized spacial score (nSPS) is 8.67. The highest BCUT2D eigenvalue weighted by Crippen LogP contribution is 1.92. The number of hydrogen-bond acceptors (Lipinski definition) is 1. The van der Waals surface area contributed by atoms with E-state index in [1.165, 1.54) is 0 Å². The average molecular weight is 83.7 g/mol. The smallest absolute Gasteiger partial charge is 0.230 e. The predicted molar refractivity (Wildman–Crippen MR) is 31.6 cm³/mol. The molecule has 0 saturated heterocycles. The van der Waals surface area contributed by atoms with Gasteiger partial charge >= 0.3 is 0 Å². The van der Waals surface area contributed by atoms with Crippen molar-refractivity contribution in [3.05, 3.63) is 0 Å². The standard InChI is InChI=1S/C3H10B2O/c1-3(2)4-5-6/h3-6H,1-2H3. The molecule has 0 aliphatic heterocycles. The molecule has 1 N–H and O–H groups in total. The van der Waals surface area contributed by atoms with Crippen LogP contribution in [0.5, 0.6) is 0 Å². The summed E-state index contributed by atoms with van der Waals surface area (Å²) in [5.41, 5.74) is 0. The summed E-state index contributed by atoms with van der Waals surface area (Å²) < 4.78 is 0. The number of hydrogen-bond donors (Lipinski definition) is 1. The van der Waals surface area contributed by atoms with E-state index >= 15 is 0 Å². The van der Waals surface area contributed by atoms with Crippen LogP contribution in [0, 0.1) is 0 Å². The summed E-state index contributed by atoms with van der Waals surface area (Å²) >= 11 is 0. The van der Waals surface area contributed by atoms with Crippen LogP contribution < -0.4 is 0 Å². The van der Waals surface area contributed by atoms with E-state index in [4.69, 9.17) is 5.02 Å². The van der Waals surface area contributed by atoms with Gasteiger partial charge in [0, 0.05) is 0 Å². The lowest BCUT2D eigenvalue weighted by molar-refractivity contribution is 0.620. The highest BCUT2D eigenvalue weighted by atomic mass is 16.2. The summed E-state index contributed by atoms with van der Waals surface area (Å²) in [6.07, 6.45) is 0. The summed E-state index contributed by atoms with van der Waals surface area (Å²) in [5.74, 6) is 0.648. The minimum Gasteiger partial charge on any atom is -0.463 e. The van der Waals surface area contributed by atoms with Crippen LogP contribution in [0.25, 0.3) is 0 Å². The molecular formula is C3H10B2O. The van der Waals surface area contributed by atoms with E-state index in [2.05, 4.69) is 13.8 Å². The van der Waals surface area contributed by atoms with Crippen molar-refractivity contribution in [3.8, 4) is 0 Å². The van der Waals surface area contributed by atoms with Gasteiger partial charge in [0.15, 0.2) is 0 Å². The van der Waals surface area contributed by atoms with Gasteiger partial charge in [-0.15, -0.1) is 0 Å². The van der Waals surface area contributed by atoms with Crippen molar-refractivity contribution >= 4 is 14.5 Å². The van der Waals surface area contributed by atoms with Gasteiger partial charge in [0.2, 0.25) is 7.37 Å². The van der Waals surface area contributed by atoms with Crippen molar-refractivity contribution in [2.24, 2.45) is 0 Å². The third-order valence-corrected chi connectivity index (χ3v) is 0.706. The molecule has 0 bridgehead atoms. The van der Waals surface area contributed by atoms with Gasteiger partial charge in [-0.3, -0.25) is 0 Å². The van der Waals surface area contributed by atoms with E-state index in [1.807, 2.05) is 0 Å². The third kappa shape index (κ3) is 4.09. The zero-order valence-electron chi connectivity index (χ0n) is 4.44. The van der Waals surface area contributed by atoms with Gasteiger partial charge in [-0.1, -0.05) is 19.7 Å². The largest absolute Gasteiger partial charge is 0.463 e. The molecule has 0 atom stereocenters. The fourth-order valence-electron chi connectivity index (χ4n) is 0.258. The first-order valence-electron chi connectivity index (χ1n) is 2.38. The Hall–Kier alpha value is 0.0899. The molecule has 3 heteroatoms. The van der Waals surface area contributed by atoms with Crippen LogP contribution in [0.4, 0.5) is 0 Å². The van der Waals surface area contributed by atoms with Crippen molar-refractivity contribution in [3.63, 3.8) is 0 Å². The van der Waals surface area contributed by atoms with Crippen molar-refractivity contribution in [1.82, 2.24) is 0 Å². The van der Waals surface area contributed by atoms with Gasteiger partial charge in [0.1, 0.15) is 7.17 Å². The molecule has 0 radical (unpaired) electrons. The molecule has 6 heavy (non-hydrogen) atoms. The predicted octanol–water partition coefficient (Wildman–Crippen LogP) is -0.490. The Morgan fingerprint density at radius 1 is 1.50 bits per heavy atom. The second kappa shape index (κ2) is 3.29. The van der Waals surface area contributed by atoms with Crippen molar-refractivity contribution in [2.45, 2.75) is 19.7 Å². The first-order valence-corrected chi connectivity index (χ1v) is 2.38. The van der Waals surface area contributed by atoms with Crippen molar-refractivity contribution in [1.29, 1.82) is 0 Å². The fourth-order valence-corrected chi connectivity index (χ4v) is 0.258. The summed E-state index contributed by atoms with van der Waals surface area (Å²) in [6.45, 7) is 4.19. The minimum absolute atomic E-state index is 0.331. The van der Waals surface area contributed by atoms with Crippen LogP contribution in [0.15, 0.2) is 0 Å². The Labute approximate surface area is 40.3 Å². The van der Waals surface area contributed by atoms with Crippen LogP contribution in [0.1, 0.15) is 13.8 Å². The summed E-state index contributed by atoms with van der Waals surface area (Å²) in [4.78, 5) is 0. The SMILES string of the molecule is CC(C)BBO. The van der Waals surface area contributed by atoms with E-state index in [-0.39, 0.29) is 0 Å². The lowest BCUT2D eigenvalue weighted by Crippen LogP contribution is -2.04. The Bertz CT molecular complexity index is 30.0. The van der Waals surface area contributed by atoms with Gasteiger partial charge in [-0.25, -0.2) is 0 Å². The Morgan fingerprint density at radius 2 is 2.00 bits per heavy atom. The zero-order valence-corrected chi connectivity index (χ0v) is 4.44. The highest BCUT2D eigenvalue weighted by Gasteiger charge is 1.92. The monoisotopic (exact) mass is 84.1 g/mol. The maximum absolute atomic E-state index is 8.24. The zero-order chi connectivity index (χ0) is 4.99. The molecule has 0 saturated carbocycles. The van der Waals surface area contributed by atoms with Crippen LogP contribution in [0.3, 0.4) is 0 Å². The molecule has 0 aromatic heterocycles. The van der Waals surface area contributed by atoms with E-state index < -0.39 is 0 Å². The second-order valence-electron chi connectivity index (χ2n) is 1.91. The Balaban J connectivity index is 2.63. The maximum atomic E-state index is 8.24. The molecule has 34 valence electrons. The molecule has 0 aromatic rings. The summed E-state index contributed by atoms with van der Waals surface area (Å²) in [7, 11) is 1.26. The molecule has 0 unspecified atom stereocenters. The molecule has 0 heterocycles. The lowest BCUT2D eigenvalue weighted by Gasteiger charge is -1.91. The Morgan fingerprint density at radius 3 is 2.00 bits per heavy atom. The molecule has 1 nitrogen and oxygen atoms in total. The van der Waals surface area contributed by atoms with Gasteiger partial charge in [-0.2, -0.15) is 0 Å². The molecule has 0 aromatic carbocycles. The summed E-state index contributed by atoms with van der Waals surface area (Å²) in [6, 6.07) is 0. The lowest BCUT2D eigenvalue weighted by atomic mass is 9.44. The first kappa shape index (κ1) is 6.09. The second-order valence-corrected chi connectivity index (χ2v) is 1.91. The molecule has 0 rings (SSSR count). The van der Waals surface area contributed by atoms with Crippen molar-refractivity contribution < 1.29 is 5.02 Å². The highest BCUT2D eigenvalue weighted by molar-refractivity contribution is 6.97. The van der Waals surface area contributed by atoms with Crippen LogP contribution >= 0.6 is 0 Å². The molecule has 0 amide bonds. The van der Waals surface area contributed by atoms with Gasteiger partial charge in [0.25, 0.3) is 0 Å². The third-order valence-electron chi connectivity index (χ3n) is 0.706. The average Bonchev–Trinajstić information content (AvgIpc) is 1.35. The first-order chi connectivity index (χ1) is 2.77. The molecule has 0 spiro atoms. The van der Waals surface area contributed by atoms with E-state index in [1.54, 1.807) is 0 Å². The van der Waals surface area contributed by atoms with Crippen LogP contribution in [0.2, 0.25) is 5.82 Å². The maximum Gasteiger partial charge on any atom is 0.230 e.